The molecule has 8 rings (SSSR count). The Balaban J connectivity index is 1.25. The molecule has 70 heavy (non-hydrogen) atoms. The summed E-state index contributed by atoms with van der Waals surface area (Å²) < 4.78 is 0. The van der Waals surface area contributed by atoms with Gasteiger partial charge in [-0.05, 0) is 63.9 Å². The first-order chi connectivity index (χ1) is 33.9. The van der Waals surface area contributed by atoms with Gasteiger partial charge >= 0.3 is 5.97 Å². The highest BCUT2D eigenvalue weighted by atomic mass is 16.4. The molecule has 6 amide bonds. The van der Waals surface area contributed by atoms with E-state index in [2.05, 4.69) is 26.6 Å². The highest BCUT2D eigenvalue weighted by Gasteiger charge is 2.34. The number of benzene rings is 6. The van der Waals surface area contributed by atoms with Crippen LogP contribution in [-0.2, 0) is 65.8 Å². The van der Waals surface area contributed by atoms with Crippen LogP contribution in [0.1, 0.15) is 47.1 Å². The monoisotopic (exact) mass is 940 g/mol. The molecule has 0 fully saturated rings. The molecule has 2 heterocycles. The average molecular weight is 941 g/mol. The fraction of sp³-hybridized carbons (Fsp3) is 0.232. The lowest BCUT2D eigenvalue weighted by atomic mass is 9.98. The summed E-state index contributed by atoms with van der Waals surface area (Å²) in [6.07, 6.45) is 0.0328. The Hall–Kier alpha value is -8.39. The molecule has 6 aromatic carbocycles. The van der Waals surface area contributed by atoms with E-state index in [1.807, 2.05) is 91.0 Å². The fourth-order valence-electron chi connectivity index (χ4n) is 8.29. The third kappa shape index (κ3) is 14.8. The van der Waals surface area contributed by atoms with Gasteiger partial charge in [0.25, 0.3) is 0 Å². The van der Waals surface area contributed by atoms with Gasteiger partial charge in [0.1, 0.15) is 30.7 Å². The number of aliphatic carboxylic acids is 1. The first-order valence-electron chi connectivity index (χ1n) is 23.3. The summed E-state index contributed by atoms with van der Waals surface area (Å²) in [7, 11) is 0. The second kappa shape index (κ2) is 24.6. The number of carbonyl (C=O) groups is 7. The lowest BCUT2D eigenvalue weighted by Gasteiger charge is -2.29. The van der Waals surface area contributed by atoms with Crippen LogP contribution < -0.4 is 26.6 Å². The maximum Gasteiger partial charge on any atom is 0.323 e. The van der Waals surface area contributed by atoms with Crippen molar-refractivity contribution in [2.24, 2.45) is 0 Å². The van der Waals surface area contributed by atoms with Crippen molar-refractivity contribution < 1.29 is 38.7 Å². The van der Waals surface area contributed by atoms with Crippen molar-refractivity contribution in [2.75, 3.05) is 11.9 Å². The molecule has 0 radical (unpaired) electrons. The van der Waals surface area contributed by atoms with Gasteiger partial charge in [-0.3, -0.25) is 33.6 Å². The van der Waals surface area contributed by atoms with E-state index in [1.54, 1.807) is 78.9 Å². The largest absolute Gasteiger partial charge is 0.480 e. The van der Waals surface area contributed by atoms with Gasteiger partial charge < -0.3 is 36.6 Å². The third-order valence-electron chi connectivity index (χ3n) is 12.0. The zero-order valence-electron chi connectivity index (χ0n) is 38.6. The second-order valence-electron chi connectivity index (χ2n) is 17.3. The molecule has 0 saturated heterocycles. The highest BCUT2D eigenvalue weighted by molar-refractivity contribution is 5.97. The van der Waals surface area contributed by atoms with Crippen molar-refractivity contribution in [1.29, 1.82) is 0 Å². The van der Waals surface area contributed by atoms with E-state index < -0.39 is 72.1 Å². The highest BCUT2D eigenvalue weighted by Crippen LogP contribution is 2.21. The Labute approximate surface area is 406 Å². The number of nitrogens with one attached hydrogen (secondary N) is 5. The number of carbonyl (C=O) groups excluding carboxylic acids is 6. The molecule has 2 aliphatic heterocycles. The normalized spacial score (nSPS) is 18.2. The maximum atomic E-state index is 14.8. The molecule has 6 N–H and O–H groups in total. The molecule has 0 aromatic heterocycles. The van der Waals surface area contributed by atoms with Crippen LogP contribution in [0.25, 0.3) is 11.1 Å². The molecule has 6 aromatic rings. The Morgan fingerprint density at radius 3 is 1.57 bits per heavy atom. The predicted molar refractivity (Wildman–Crippen MR) is 266 cm³/mol. The van der Waals surface area contributed by atoms with Crippen LogP contribution in [0.5, 0.6) is 0 Å². The minimum Gasteiger partial charge on any atom is -0.480 e. The van der Waals surface area contributed by atoms with Crippen LogP contribution in [-0.4, -0.2) is 82.1 Å². The van der Waals surface area contributed by atoms with Gasteiger partial charge in [-0.15, -0.1) is 0 Å². The number of carboxylic acid groups (broad SMARTS) is 1. The minimum absolute atomic E-state index is 0.00753. The smallest absolute Gasteiger partial charge is 0.323 e. The summed E-state index contributed by atoms with van der Waals surface area (Å²) in [5.41, 5.74) is 5.88. The molecule has 0 saturated carbocycles. The topological polar surface area (TPSA) is 203 Å². The summed E-state index contributed by atoms with van der Waals surface area (Å²) in [6, 6.07) is 46.2. The first-order valence-corrected chi connectivity index (χ1v) is 23.3. The summed E-state index contributed by atoms with van der Waals surface area (Å²) >= 11 is 0. The Morgan fingerprint density at radius 2 is 0.986 bits per heavy atom. The number of hydrogen-bond donors (Lipinski definition) is 6. The summed E-state index contributed by atoms with van der Waals surface area (Å²) in [4.78, 5) is 98.8. The van der Waals surface area contributed by atoms with Crippen molar-refractivity contribution in [3.63, 3.8) is 0 Å². The second-order valence-corrected chi connectivity index (χ2v) is 17.3. The van der Waals surface area contributed by atoms with Crippen LogP contribution in [0.4, 0.5) is 5.69 Å². The Bertz CT molecular complexity index is 2720. The number of anilines is 1. The third-order valence-corrected chi connectivity index (χ3v) is 12.0. The minimum atomic E-state index is -1.32. The number of hydrogen-bond acceptors (Lipinski definition) is 7. The molecule has 4 atom stereocenters. The van der Waals surface area contributed by atoms with Gasteiger partial charge in [0.15, 0.2) is 0 Å². The molecule has 2 bridgehead atoms. The van der Waals surface area contributed by atoms with Crippen LogP contribution in [0.2, 0.25) is 0 Å². The number of rotatable bonds is 13. The van der Waals surface area contributed by atoms with E-state index in [0.717, 1.165) is 21.6 Å². The van der Waals surface area contributed by atoms with E-state index >= 15 is 0 Å². The van der Waals surface area contributed by atoms with Gasteiger partial charge in [0.05, 0.1) is 0 Å². The number of aryl methyl sites for hydroxylation is 1. The molecule has 2 aliphatic rings. The molecule has 4 unspecified atom stereocenters. The van der Waals surface area contributed by atoms with Gasteiger partial charge in [0, 0.05) is 44.3 Å². The molecule has 14 heteroatoms. The average Bonchev–Trinajstić information content (AvgIpc) is 3.37. The molecule has 0 aliphatic carbocycles. The number of amides is 6. The van der Waals surface area contributed by atoms with E-state index in [1.165, 1.54) is 0 Å². The Kier molecular flexibility index (Phi) is 17.4. The van der Waals surface area contributed by atoms with E-state index in [-0.39, 0.29) is 45.1 Å². The van der Waals surface area contributed by atoms with Gasteiger partial charge in [-0.25, -0.2) is 0 Å². The van der Waals surface area contributed by atoms with Crippen LogP contribution >= 0.6 is 0 Å². The van der Waals surface area contributed by atoms with Crippen LogP contribution in [0.3, 0.4) is 0 Å². The standard InChI is InChI=1S/C56H56N6O8/c63-50-31-32-51(64)58-46(30-25-38-13-5-1-6-14-38)53(67)59-48(34-40-21-26-44(27-22-40)43-19-11-4-12-20-43)54(68)60-47(33-39-15-7-2-8-16-39)55(69)61-49(35-41-23-28-45(57-50)29-24-41)56(70)62(37-52(65)66)36-42-17-9-3-10-18-42/h1-24,26-29,46-49H,25,30-37H2,(H,57,63)(H,58,64)(H,59,67)(H,60,68)(H,61,69)(H,65,66). The van der Waals surface area contributed by atoms with Crippen molar-refractivity contribution in [3.8, 4) is 11.1 Å². The number of carboxylic acids is 1. The van der Waals surface area contributed by atoms with Gasteiger partial charge in [-0.1, -0.05) is 158 Å². The molecular weight excluding hydrogens is 885 g/mol. The van der Waals surface area contributed by atoms with E-state index in [0.29, 0.717) is 34.4 Å². The van der Waals surface area contributed by atoms with Crippen molar-refractivity contribution in [2.45, 2.75) is 75.7 Å². The Morgan fingerprint density at radius 1 is 0.500 bits per heavy atom. The van der Waals surface area contributed by atoms with Crippen molar-refractivity contribution in [1.82, 2.24) is 26.2 Å². The number of fused-ring (bicyclic) bond motifs is 18. The van der Waals surface area contributed by atoms with E-state index in [4.69, 9.17) is 0 Å². The van der Waals surface area contributed by atoms with Gasteiger partial charge in [0.2, 0.25) is 35.4 Å². The summed E-state index contributed by atoms with van der Waals surface area (Å²) in [6.45, 7) is -0.725. The predicted octanol–water partition coefficient (Wildman–Crippen LogP) is 5.80. The molecular formula is C56H56N6O8. The quantitative estimate of drug-likeness (QED) is 0.0780. The SMILES string of the molecule is O=C(O)CN(Cc1ccccc1)C(=O)C1Cc2ccc(cc2)NC(=O)CCC(=O)NC(CCc2ccccc2)C(=O)NC(Cc2ccc(-c3ccccc3)cc2)C(=O)NC(Cc2ccccc2)C(=O)N1. The summed E-state index contributed by atoms with van der Waals surface area (Å²) in [5.74, 6) is -5.01. The van der Waals surface area contributed by atoms with Crippen molar-refractivity contribution in [3.05, 3.63) is 198 Å². The van der Waals surface area contributed by atoms with Gasteiger partial charge in [-0.2, -0.15) is 0 Å². The first kappa shape index (κ1) is 49.5. The zero-order chi connectivity index (χ0) is 49.2. The van der Waals surface area contributed by atoms with Crippen LogP contribution in [0.15, 0.2) is 170 Å². The maximum absolute atomic E-state index is 14.8. The lowest BCUT2D eigenvalue weighted by molar-refractivity contribution is -0.146. The fourth-order valence-corrected chi connectivity index (χ4v) is 8.29. The summed E-state index contributed by atoms with van der Waals surface area (Å²) in [5, 5.41) is 24.2. The zero-order valence-corrected chi connectivity index (χ0v) is 38.6. The molecule has 358 valence electrons. The van der Waals surface area contributed by atoms with E-state index in [9.17, 15) is 38.7 Å². The lowest BCUT2D eigenvalue weighted by Crippen LogP contribution is -2.59. The van der Waals surface area contributed by atoms with Crippen molar-refractivity contribution >= 4 is 47.1 Å². The molecule has 0 spiro atoms. The van der Waals surface area contributed by atoms with Crippen LogP contribution in [0, 0.1) is 0 Å². The molecule has 14 nitrogen and oxygen atoms in total. The number of nitrogens with zero attached hydrogens (tertiary/aromatic N) is 1.